The molecule has 1 rings (SSSR count). The minimum atomic E-state index is -0.454. The Balaban J connectivity index is 0. The molecule has 0 bridgehead atoms. The fourth-order valence-corrected chi connectivity index (χ4v) is 1.24. The van der Waals surface area contributed by atoms with Gasteiger partial charge in [0.15, 0.2) is 0 Å². The van der Waals surface area contributed by atoms with Gasteiger partial charge in [0.1, 0.15) is 0 Å². The number of nitrogens with one attached hydrogen (secondary N) is 2. The number of hydrogen-bond donors (Lipinski definition) is 4. The molecule has 6 nitrogen and oxygen atoms in total. The highest BCUT2D eigenvalue weighted by Gasteiger charge is 2.10. The lowest BCUT2D eigenvalue weighted by atomic mass is 9.97. The largest absolute Gasteiger partial charge is 0.352 e. The highest BCUT2D eigenvalue weighted by Crippen LogP contribution is 2.10. The van der Waals surface area contributed by atoms with Crippen LogP contribution in [-0.4, -0.2) is 25.2 Å². The molecule has 0 radical (unpaired) electrons. The van der Waals surface area contributed by atoms with Crippen molar-refractivity contribution in [3.05, 3.63) is 35.9 Å². The first kappa shape index (κ1) is 25.0. The summed E-state index contributed by atoms with van der Waals surface area (Å²) >= 11 is 0. The molecule has 0 saturated carbocycles. The zero-order valence-electron chi connectivity index (χ0n) is 16.8. The van der Waals surface area contributed by atoms with E-state index in [9.17, 15) is 9.59 Å². The Morgan fingerprint density at radius 3 is 1.24 bits per heavy atom. The lowest BCUT2D eigenvalue weighted by Crippen LogP contribution is -2.35. The Kier molecular flexibility index (Phi) is 12.2. The van der Waals surface area contributed by atoms with Crippen molar-refractivity contribution in [1.29, 1.82) is 0 Å². The molecule has 0 heterocycles. The van der Waals surface area contributed by atoms with Crippen molar-refractivity contribution in [2.24, 2.45) is 22.3 Å². The van der Waals surface area contributed by atoms with E-state index in [1.54, 1.807) is 0 Å². The van der Waals surface area contributed by atoms with E-state index in [0.717, 1.165) is 0 Å². The minimum Gasteiger partial charge on any atom is -0.352 e. The van der Waals surface area contributed by atoms with Crippen LogP contribution in [0, 0.1) is 17.8 Å². The quantitative estimate of drug-likeness (QED) is 0.654. The average Bonchev–Trinajstić information content (AvgIpc) is 2.44. The summed E-state index contributed by atoms with van der Waals surface area (Å²) in [6.45, 7) is 15.5. The normalized spacial score (nSPS) is 10.4. The summed E-state index contributed by atoms with van der Waals surface area (Å²) in [4.78, 5) is 20.3. The lowest BCUT2D eigenvalue weighted by Gasteiger charge is -2.17. The van der Waals surface area contributed by atoms with Gasteiger partial charge in [-0.05, 0) is 17.8 Å². The molecule has 0 fully saturated rings. The van der Waals surface area contributed by atoms with E-state index >= 15 is 0 Å². The second kappa shape index (κ2) is 12.2. The predicted molar refractivity (Wildman–Crippen MR) is 105 cm³/mol. The second-order valence-electron chi connectivity index (χ2n) is 8.21. The summed E-state index contributed by atoms with van der Waals surface area (Å²) in [7, 11) is 0. The van der Waals surface area contributed by atoms with Gasteiger partial charge in [0.05, 0.1) is 0 Å². The maximum atomic E-state index is 10.2. The molecular formula is C19H36N4O2. The smallest absolute Gasteiger partial charge is 0.312 e. The number of amides is 4. The van der Waals surface area contributed by atoms with Crippen molar-refractivity contribution in [2.45, 2.75) is 48.5 Å². The molecule has 6 heteroatoms. The van der Waals surface area contributed by atoms with Gasteiger partial charge in [0.2, 0.25) is 0 Å². The maximum Gasteiger partial charge on any atom is 0.312 e. The predicted octanol–water partition coefficient (Wildman–Crippen LogP) is 3.40. The van der Waals surface area contributed by atoms with Crippen LogP contribution in [0.4, 0.5) is 9.59 Å². The van der Waals surface area contributed by atoms with Crippen LogP contribution in [0.2, 0.25) is 0 Å². The van der Waals surface area contributed by atoms with Crippen LogP contribution < -0.4 is 22.1 Å². The number of hydrogen-bond acceptors (Lipinski definition) is 2. The molecule has 0 atom stereocenters. The van der Waals surface area contributed by atoms with Gasteiger partial charge in [-0.15, -0.1) is 0 Å². The van der Waals surface area contributed by atoms with Crippen molar-refractivity contribution in [3.8, 4) is 0 Å². The monoisotopic (exact) mass is 352 g/mol. The molecule has 1 aromatic carbocycles. The highest BCUT2D eigenvalue weighted by atomic mass is 16.2. The number of rotatable bonds is 2. The molecular weight excluding hydrogens is 316 g/mol. The molecule has 25 heavy (non-hydrogen) atoms. The van der Waals surface area contributed by atoms with Gasteiger partial charge < -0.3 is 22.1 Å². The summed E-state index contributed by atoms with van der Waals surface area (Å²) in [5.41, 5.74) is 11.3. The third-order valence-corrected chi connectivity index (χ3v) is 2.53. The third-order valence-electron chi connectivity index (χ3n) is 2.53. The maximum absolute atomic E-state index is 10.2. The van der Waals surface area contributed by atoms with Crippen molar-refractivity contribution >= 4 is 12.1 Å². The number of carbonyl (C=O) groups excluding carboxylic acids is 2. The van der Waals surface area contributed by atoms with Crippen LogP contribution in [-0.2, 0) is 0 Å². The van der Waals surface area contributed by atoms with Crippen LogP contribution in [0.5, 0.6) is 0 Å². The first-order valence-corrected chi connectivity index (χ1v) is 8.31. The molecule has 6 N–H and O–H groups in total. The first-order chi connectivity index (χ1) is 11.2. The van der Waals surface area contributed by atoms with Crippen LogP contribution in [0.25, 0.3) is 0 Å². The SMILES string of the molecule is CC(C)(C)CNC(N)=O.CC(C)(C)CNC(N)=O.Cc1ccccc1. The molecule has 4 amide bonds. The Bertz CT molecular complexity index is 460. The fourth-order valence-electron chi connectivity index (χ4n) is 1.24. The number of primary amides is 2. The highest BCUT2D eigenvalue weighted by molar-refractivity contribution is 5.71. The van der Waals surface area contributed by atoms with Crippen molar-refractivity contribution < 1.29 is 9.59 Å². The topological polar surface area (TPSA) is 110 Å². The van der Waals surface area contributed by atoms with E-state index in [0.29, 0.717) is 13.1 Å². The van der Waals surface area contributed by atoms with Crippen LogP contribution in [0.15, 0.2) is 30.3 Å². The second-order valence-corrected chi connectivity index (χ2v) is 8.21. The zero-order chi connectivity index (χ0) is 20.1. The molecule has 0 spiro atoms. The number of aryl methyl sites for hydroxylation is 1. The molecule has 0 saturated heterocycles. The van der Waals surface area contributed by atoms with Crippen LogP contribution >= 0.6 is 0 Å². The summed E-state index contributed by atoms with van der Waals surface area (Å²) in [6, 6.07) is 9.35. The van der Waals surface area contributed by atoms with Crippen LogP contribution in [0.1, 0.15) is 47.1 Å². The molecule has 0 aromatic heterocycles. The van der Waals surface area contributed by atoms with Gasteiger partial charge in [0.25, 0.3) is 0 Å². The summed E-state index contributed by atoms with van der Waals surface area (Å²) in [6.07, 6.45) is 0. The van der Waals surface area contributed by atoms with E-state index in [2.05, 4.69) is 29.7 Å². The van der Waals surface area contributed by atoms with E-state index in [1.807, 2.05) is 59.7 Å². The lowest BCUT2D eigenvalue weighted by molar-refractivity contribution is 0.243. The fraction of sp³-hybridized carbons (Fsp3) is 0.579. The Morgan fingerprint density at radius 2 is 1.12 bits per heavy atom. The molecule has 1 aromatic rings. The van der Waals surface area contributed by atoms with E-state index in [1.165, 1.54) is 5.56 Å². The molecule has 0 aliphatic carbocycles. The minimum absolute atomic E-state index is 0.120. The summed E-state index contributed by atoms with van der Waals surface area (Å²) in [5.74, 6) is 0. The standard InChI is InChI=1S/C7H8.2C6H14N2O/c1-7-5-3-2-4-6-7;2*1-6(2,3)4-8-5(7)9/h2-6H,1H3;2*4H2,1-3H3,(H3,7,8,9). The van der Waals surface area contributed by atoms with Crippen molar-refractivity contribution in [1.82, 2.24) is 10.6 Å². The van der Waals surface area contributed by atoms with E-state index < -0.39 is 12.1 Å². The van der Waals surface area contributed by atoms with Gasteiger partial charge in [0, 0.05) is 13.1 Å². The Hall–Kier alpha value is -2.24. The third kappa shape index (κ3) is 26.9. The molecule has 0 aliphatic heterocycles. The van der Waals surface area contributed by atoms with E-state index in [-0.39, 0.29) is 10.8 Å². The number of benzene rings is 1. The first-order valence-electron chi connectivity index (χ1n) is 8.31. The number of urea groups is 2. The van der Waals surface area contributed by atoms with Gasteiger partial charge >= 0.3 is 12.1 Å². The number of nitrogens with two attached hydrogens (primary N) is 2. The van der Waals surface area contributed by atoms with Crippen molar-refractivity contribution in [3.63, 3.8) is 0 Å². The zero-order valence-corrected chi connectivity index (χ0v) is 16.8. The van der Waals surface area contributed by atoms with Gasteiger partial charge in [-0.25, -0.2) is 9.59 Å². The number of carbonyl (C=O) groups is 2. The average molecular weight is 353 g/mol. The Morgan fingerprint density at radius 1 is 0.800 bits per heavy atom. The van der Waals surface area contributed by atoms with E-state index in [4.69, 9.17) is 11.5 Å². The van der Waals surface area contributed by atoms with Crippen LogP contribution in [0.3, 0.4) is 0 Å². The molecule has 0 unspecified atom stereocenters. The van der Waals surface area contributed by atoms with Crippen molar-refractivity contribution in [2.75, 3.05) is 13.1 Å². The summed E-state index contributed by atoms with van der Waals surface area (Å²) in [5, 5.41) is 5.05. The van der Waals surface area contributed by atoms with Gasteiger partial charge in [-0.2, -0.15) is 0 Å². The Labute approximate surface area is 152 Å². The summed E-state index contributed by atoms with van der Waals surface area (Å²) < 4.78 is 0. The van der Waals surface area contributed by atoms with Gasteiger partial charge in [-0.3, -0.25) is 0 Å². The molecule has 144 valence electrons. The molecule has 0 aliphatic rings. The van der Waals surface area contributed by atoms with Gasteiger partial charge in [-0.1, -0.05) is 77.4 Å².